The summed E-state index contributed by atoms with van der Waals surface area (Å²) in [6, 6.07) is 2.87. The van der Waals surface area contributed by atoms with Gasteiger partial charge in [-0.15, -0.1) is 24.8 Å². The lowest BCUT2D eigenvalue weighted by Gasteiger charge is -2.34. The van der Waals surface area contributed by atoms with Gasteiger partial charge in [-0.2, -0.15) is 0 Å². The second-order valence-corrected chi connectivity index (χ2v) is 5.41. The lowest BCUT2D eigenvalue weighted by molar-refractivity contribution is 0.147. The van der Waals surface area contributed by atoms with E-state index in [0.29, 0.717) is 20.6 Å². The molecule has 1 saturated heterocycles. The van der Waals surface area contributed by atoms with Crippen molar-refractivity contribution < 1.29 is 4.39 Å². The molecule has 0 unspecified atom stereocenters. The van der Waals surface area contributed by atoms with Crippen LogP contribution >= 0.6 is 59.6 Å². The molecule has 8 heteroatoms. The maximum atomic E-state index is 13.4. The Hall–Kier alpha value is 0.520. The molecule has 2 rings (SSSR count). The molecule has 0 aliphatic carbocycles. The highest BCUT2D eigenvalue weighted by molar-refractivity contribution is 6.44. The van der Waals surface area contributed by atoms with Gasteiger partial charge in [0, 0.05) is 36.8 Å². The number of hydrogen-bond donors (Lipinski definition) is 1. The average molecular weight is 385 g/mol. The summed E-state index contributed by atoms with van der Waals surface area (Å²) in [7, 11) is 0. The van der Waals surface area contributed by atoms with E-state index >= 15 is 0 Å². The second-order valence-electron chi connectivity index (χ2n) is 4.21. The standard InChI is InChI=1S/C12H14Cl3FN2.2ClH/c13-8-1-2-9(14)12(15)11(8)10(7-16)18-5-3-17-4-6-18;;/h1-2,10,17H,3-7H2;2*1H/t10-;;/m0../s1. The molecule has 2 nitrogen and oxygen atoms in total. The van der Waals surface area contributed by atoms with Crippen LogP contribution in [0.5, 0.6) is 0 Å². The van der Waals surface area contributed by atoms with Crippen molar-refractivity contribution in [1.29, 1.82) is 0 Å². The summed E-state index contributed by atoms with van der Waals surface area (Å²) in [5.74, 6) is 0. The Balaban J connectivity index is 0.00000180. The topological polar surface area (TPSA) is 15.3 Å². The Morgan fingerprint density at radius 3 is 2.20 bits per heavy atom. The third kappa shape index (κ3) is 4.51. The van der Waals surface area contributed by atoms with Crippen LogP contribution in [0.1, 0.15) is 11.6 Å². The largest absolute Gasteiger partial charge is 0.314 e. The molecule has 1 N–H and O–H groups in total. The number of nitrogens with zero attached hydrogens (tertiary/aromatic N) is 1. The smallest absolute Gasteiger partial charge is 0.109 e. The van der Waals surface area contributed by atoms with Gasteiger partial charge in [0.15, 0.2) is 0 Å². The Kier molecular flexibility index (Phi) is 9.77. The monoisotopic (exact) mass is 382 g/mol. The van der Waals surface area contributed by atoms with E-state index in [1.165, 1.54) is 0 Å². The number of nitrogens with one attached hydrogen (secondary N) is 1. The molecule has 116 valence electrons. The van der Waals surface area contributed by atoms with Gasteiger partial charge in [0.1, 0.15) is 6.67 Å². The highest BCUT2D eigenvalue weighted by Crippen LogP contribution is 2.38. The van der Waals surface area contributed by atoms with Crippen LogP contribution in [-0.4, -0.2) is 37.8 Å². The van der Waals surface area contributed by atoms with Crippen molar-refractivity contribution in [1.82, 2.24) is 10.2 Å². The van der Waals surface area contributed by atoms with E-state index in [0.717, 1.165) is 26.2 Å². The molecule has 0 amide bonds. The molecular weight excluding hydrogens is 368 g/mol. The summed E-state index contributed by atoms with van der Waals surface area (Å²) in [5, 5.41) is 4.45. The third-order valence-electron chi connectivity index (χ3n) is 3.15. The summed E-state index contributed by atoms with van der Waals surface area (Å²) in [5.41, 5.74) is 0.593. The lowest BCUT2D eigenvalue weighted by atomic mass is 10.1. The van der Waals surface area contributed by atoms with Gasteiger partial charge in [0.25, 0.3) is 0 Å². The molecule has 20 heavy (non-hydrogen) atoms. The summed E-state index contributed by atoms with van der Waals surface area (Å²) >= 11 is 18.3. The van der Waals surface area contributed by atoms with Crippen molar-refractivity contribution in [3.8, 4) is 0 Å². The molecule has 1 fully saturated rings. The molecule has 1 aromatic carbocycles. The molecule has 1 atom stereocenters. The first-order valence-corrected chi connectivity index (χ1v) is 6.92. The molecule has 0 bridgehead atoms. The van der Waals surface area contributed by atoms with E-state index in [1.54, 1.807) is 12.1 Å². The predicted molar refractivity (Wildman–Crippen MR) is 89.1 cm³/mol. The van der Waals surface area contributed by atoms with Crippen molar-refractivity contribution in [3.63, 3.8) is 0 Å². The van der Waals surface area contributed by atoms with Crippen LogP contribution < -0.4 is 5.32 Å². The van der Waals surface area contributed by atoms with Crippen molar-refractivity contribution in [2.24, 2.45) is 0 Å². The lowest BCUT2D eigenvalue weighted by Crippen LogP contribution is -2.45. The maximum Gasteiger partial charge on any atom is 0.109 e. The van der Waals surface area contributed by atoms with E-state index in [1.807, 2.05) is 4.90 Å². The Labute approximate surface area is 145 Å². The molecule has 0 aromatic heterocycles. The number of alkyl halides is 1. The van der Waals surface area contributed by atoms with E-state index < -0.39 is 12.7 Å². The first-order chi connectivity index (χ1) is 8.65. The van der Waals surface area contributed by atoms with E-state index in [4.69, 9.17) is 34.8 Å². The summed E-state index contributed by atoms with van der Waals surface area (Å²) in [4.78, 5) is 2.04. The minimum absolute atomic E-state index is 0. The van der Waals surface area contributed by atoms with Crippen LogP contribution in [0.4, 0.5) is 4.39 Å². The molecule has 0 saturated carbocycles. The summed E-state index contributed by atoms with van der Waals surface area (Å²) < 4.78 is 13.4. The summed E-state index contributed by atoms with van der Waals surface area (Å²) in [6.45, 7) is 2.69. The average Bonchev–Trinajstić information content (AvgIpc) is 2.40. The van der Waals surface area contributed by atoms with Gasteiger partial charge >= 0.3 is 0 Å². The van der Waals surface area contributed by atoms with Gasteiger partial charge in [-0.25, -0.2) is 4.39 Å². The van der Waals surface area contributed by atoms with Crippen LogP contribution in [0.15, 0.2) is 12.1 Å². The predicted octanol–water partition coefficient (Wildman–Crippen LogP) is 4.41. The van der Waals surface area contributed by atoms with Crippen molar-refractivity contribution >= 4 is 59.6 Å². The number of hydrogen-bond acceptors (Lipinski definition) is 2. The van der Waals surface area contributed by atoms with Crippen LogP contribution in [-0.2, 0) is 0 Å². The van der Waals surface area contributed by atoms with Gasteiger partial charge < -0.3 is 5.32 Å². The highest BCUT2D eigenvalue weighted by Gasteiger charge is 2.26. The van der Waals surface area contributed by atoms with Crippen LogP contribution in [0.3, 0.4) is 0 Å². The first-order valence-electron chi connectivity index (χ1n) is 5.79. The Bertz CT molecular complexity index is 427. The van der Waals surface area contributed by atoms with Gasteiger partial charge in [0.2, 0.25) is 0 Å². The molecule has 1 aliphatic rings. The second kappa shape index (κ2) is 9.52. The van der Waals surface area contributed by atoms with Crippen molar-refractivity contribution in [2.45, 2.75) is 6.04 Å². The Morgan fingerprint density at radius 2 is 1.65 bits per heavy atom. The molecule has 1 heterocycles. The molecule has 0 spiro atoms. The van der Waals surface area contributed by atoms with Gasteiger partial charge in [-0.05, 0) is 12.1 Å². The quantitative estimate of drug-likeness (QED) is 0.777. The minimum Gasteiger partial charge on any atom is -0.314 e. The highest BCUT2D eigenvalue weighted by atomic mass is 35.5. The third-order valence-corrected chi connectivity index (χ3v) is 4.30. The number of rotatable bonds is 3. The molecular formula is C12H16Cl5FN2. The van der Waals surface area contributed by atoms with Gasteiger partial charge in [-0.3, -0.25) is 4.90 Å². The van der Waals surface area contributed by atoms with Gasteiger partial charge in [-0.1, -0.05) is 34.8 Å². The number of benzene rings is 1. The Morgan fingerprint density at radius 1 is 1.10 bits per heavy atom. The van der Waals surface area contributed by atoms with E-state index in [2.05, 4.69) is 5.32 Å². The molecule has 1 aliphatic heterocycles. The molecule has 0 radical (unpaired) electrons. The van der Waals surface area contributed by atoms with E-state index in [-0.39, 0.29) is 24.8 Å². The summed E-state index contributed by atoms with van der Waals surface area (Å²) in [6.07, 6.45) is 0. The van der Waals surface area contributed by atoms with Gasteiger partial charge in [0.05, 0.1) is 16.1 Å². The number of piperazine rings is 1. The first kappa shape index (κ1) is 20.5. The minimum atomic E-state index is -0.528. The van der Waals surface area contributed by atoms with Crippen LogP contribution in [0.25, 0.3) is 0 Å². The number of halogens is 6. The zero-order valence-corrected chi connectivity index (χ0v) is 14.4. The van der Waals surface area contributed by atoms with Crippen LogP contribution in [0.2, 0.25) is 15.1 Å². The fourth-order valence-corrected chi connectivity index (χ4v) is 2.99. The van der Waals surface area contributed by atoms with E-state index in [9.17, 15) is 4.39 Å². The van der Waals surface area contributed by atoms with Crippen molar-refractivity contribution in [3.05, 3.63) is 32.8 Å². The van der Waals surface area contributed by atoms with Crippen molar-refractivity contribution in [2.75, 3.05) is 32.9 Å². The zero-order valence-electron chi connectivity index (χ0n) is 10.5. The maximum absolute atomic E-state index is 13.4. The molecule has 1 aromatic rings. The zero-order chi connectivity index (χ0) is 13.1. The fraction of sp³-hybridized carbons (Fsp3) is 0.500. The SMILES string of the molecule is Cl.Cl.FC[C@@H](c1c(Cl)ccc(Cl)c1Cl)N1CCNCC1. The normalized spacial score (nSPS) is 17.0. The van der Waals surface area contributed by atoms with Crippen LogP contribution in [0, 0.1) is 0 Å². The fourth-order valence-electron chi connectivity index (χ4n) is 2.20.